The Morgan fingerprint density at radius 3 is 2.85 bits per heavy atom. The Balaban J connectivity index is 2.22. The van der Waals surface area contributed by atoms with Gasteiger partial charge in [-0.05, 0) is 12.1 Å². The molecule has 0 N–H and O–H groups in total. The number of hydrogen-bond donors (Lipinski definition) is 0. The summed E-state index contributed by atoms with van der Waals surface area (Å²) in [5.74, 6) is 1.47. The topological polar surface area (TPSA) is 61.4 Å². The highest BCUT2D eigenvalue weighted by molar-refractivity contribution is 5.43. The number of aromatic nitrogens is 4. The lowest BCUT2D eigenvalue weighted by Crippen LogP contribution is -2.20. The first kappa shape index (κ1) is 12.4. The molecule has 20 heavy (non-hydrogen) atoms. The van der Waals surface area contributed by atoms with E-state index in [-0.39, 0.29) is 5.56 Å². The van der Waals surface area contributed by atoms with E-state index in [0.29, 0.717) is 11.4 Å². The predicted molar refractivity (Wildman–Crippen MR) is 74.5 cm³/mol. The SMILES string of the molecule is CCc1nnc2c(=O)n(-c3cccc(OC)c3)ccn12. The maximum atomic E-state index is 12.5. The van der Waals surface area contributed by atoms with Gasteiger partial charge in [-0.3, -0.25) is 13.8 Å². The average molecular weight is 270 g/mol. The first-order chi connectivity index (χ1) is 9.74. The summed E-state index contributed by atoms with van der Waals surface area (Å²) < 4.78 is 8.43. The Labute approximate surface area is 115 Å². The lowest BCUT2D eigenvalue weighted by atomic mass is 10.3. The fourth-order valence-corrected chi connectivity index (χ4v) is 2.14. The van der Waals surface area contributed by atoms with Crippen molar-refractivity contribution in [3.8, 4) is 11.4 Å². The monoisotopic (exact) mass is 270 g/mol. The molecule has 0 unspecified atom stereocenters. The van der Waals surface area contributed by atoms with E-state index in [2.05, 4.69) is 10.2 Å². The molecule has 0 bridgehead atoms. The normalized spacial score (nSPS) is 10.9. The molecule has 0 aliphatic heterocycles. The summed E-state index contributed by atoms with van der Waals surface area (Å²) in [5.41, 5.74) is 0.859. The number of aryl methyl sites for hydroxylation is 1. The van der Waals surface area contributed by atoms with E-state index >= 15 is 0 Å². The van der Waals surface area contributed by atoms with Crippen molar-refractivity contribution in [1.29, 1.82) is 0 Å². The number of fused-ring (bicyclic) bond motifs is 1. The van der Waals surface area contributed by atoms with Crippen LogP contribution in [0.3, 0.4) is 0 Å². The molecule has 0 aliphatic carbocycles. The smallest absolute Gasteiger partial charge is 0.300 e. The molecule has 6 nitrogen and oxygen atoms in total. The number of benzene rings is 1. The molecule has 0 saturated heterocycles. The average Bonchev–Trinajstić information content (AvgIpc) is 2.91. The number of hydrogen-bond acceptors (Lipinski definition) is 4. The van der Waals surface area contributed by atoms with Crippen LogP contribution < -0.4 is 10.3 Å². The molecule has 3 aromatic rings. The minimum Gasteiger partial charge on any atom is -0.497 e. The van der Waals surface area contributed by atoms with Crippen molar-refractivity contribution in [1.82, 2.24) is 19.2 Å². The third-order valence-corrected chi connectivity index (χ3v) is 3.19. The van der Waals surface area contributed by atoms with Gasteiger partial charge in [0.1, 0.15) is 11.6 Å². The van der Waals surface area contributed by atoms with E-state index in [9.17, 15) is 4.79 Å². The van der Waals surface area contributed by atoms with Crippen molar-refractivity contribution in [3.05, 3.63) is 52.8 Å². The van der Waals surface area contributed by atoms with Crippen molar-refractivity contribution in [3.63, 3.8) is 0 Å². The first-order valence-electron chi connectivity index (χ1n) is 6.34. The van der Waals surface area contributed by atoms with Gasteiger partial charge < -0.3 is 4.74 Å². The summed E-state index contributed by atoms with van der Waals surface area (Å²) in [6.07, 6.45) is 4.24. The first-order valence-corrected chi connectivity index (χ1v) is 6.34. The molecule has 0 amide bonds. The van der Waals surface area contributed by atoms with Crippen molar-refractivity contribution in [2.75, 3.05) is 7.11 Å². The lowest BCUT2D eigenvalue weighted by molar-refractivity contribution is 0.414. The van der Waals surface area contributed by atoms with E-state index in [1.165, 1.54) is 4.57 Å². The van der Waals surface area contributed by atoms with Crippen molar-refractivity contribution in [2.45, 2.75) is 13.3 Å². The van der Waals surface area contributed by atoms with E-state index in [4.69, 9.17) is 4.74 Å². The van der Waals surface area contributed by atoms with Gasteiger partial charge in [0.05, 0.1) is 12.8 Å². The highest BCUT2D eigenvalue weighted by Crippen LogP contribution is 2.15. The van der Waals surface area contributed by atoms with E-state index in [0.717, 1.165) is 17.9 Å². The summed E-state index contributed by atoms with van der Waals surface area (Å²) in [6.45, 7) is 1.98. The maximum Gasteiger partial charge on any atom is 0.300 e. The van der Waals surface area contributed by atoms with Crippen molar-refractivity contribution >= 4 is 5.65 Å². The highest BCUT2D eigenvalue weighted by atomic mass is 16.5. The van der Waals surface area contributed by atoms with Crippen molar-refractivity contribution < 1.29 is 4.74 Å². The largest absolute Gasteiger partial charge is 0.497 e. The molecule has 102 valence electrons. The highest BCUT2D eigenvalue weighted by Gasteiger charge is 2.10. The molecule has 3 rings (SSSR count). The zero-order valence-electron chi connectivity index (χ0n) is 11.3. The van der Waals surface area contributed by atoms with Crippen LogP contribution in [0.15, 0.2) is 41.5 Å². The molecule has 0 spiro atoms. The number of ether oxygens (including phenoxy) is 1. The van der Waals surface area contributed by atoms with Crippen molar-refractivity contribution in [2.24, 2.45) is 0 Å². The van der Waals surface area contributed by atoms with Gasteiger partial charge in [0.2, 0.25) is 5.65 Å². The lowest BCUT2D eigenvalue weighted by Gasteiger charge is -2.07. The predicted octanol–water partition coefficient (Wildman–Crippen LogP) is 1.45. The minimum absolute atomic E-state index is 0.201. The quantitative estimate of drug-likeness (QED) is 0.722. The van der Waals surface area contributed by atoms with E-state index in [1.54, 1.807) is 30.0 Å². The summed E-state index contributed by atoms with van der Waals surface area (Å²) >= 11 is 0. The number of rotatable bonds is 3. The van der Waals surface area contributed by atoms with Gasteiger partial charge >= 0.3 is 5.56 Å². The van der Waals surface area contributed by atoms with Crippen LogP contribution in [0.1, 0.15) is 12.7 Å². The summed E-state index contributed by atoms with van der Waals surface area (Å²) in [6, 6.07) is 7.32. The molecule has 1 aromatic carbocycles. The van der Waals surface area contributed by atoms with Crippen LogP contribution in [0.4, 0.5) is 0 Å². The molecule has 6 heteroatoms. The Bertz CT molecular complexity index is 819. The van der Waals surface area contributed by atoms with Crippen LogP contribution in [0.25, 0.3) is 11.3 Å². The second-order valence-electron chi connectivity index (χ2n) is 4.34. The molecule has 0 aliphatic rings. The molecule has 2 heterocycles. The van der Waals surface area contributed by atoms with Crippen LogP contribution in [0.5, 0.6) is 5.75 Å². The Kier molecular flexibility index (Phi) is 2.98. The van der Waals surface area contributed by atoms with Gasteiger partial charge in [-0.1, -0.05) is 13.0 Å². The van der Waals surface area contributed by atoms with Gasteiger partial charge in [0, 0.05) is 24.9 Å². The zero-order valence-corrected chi connectivity index (χ0v) is 11.3. The summed E-state index contributed by atoms with van der Waals surface area (Å²) in [4.78, 5) is 12.5. The second-order valence-corrected chi connectivity index (χ2v) is 4.34. The Hall–Kier alpha value is -2.63. The molecule has 2 aromatic heterocycles. The minimum atomic E-state index is -0.201. The van der Waals surface area contributed by atoms with Crippen LogP contribution in [0, 0.1) is 0 Å². The fraction of sp³-hybridized carbons (Fsp3) is 0.214. The molecule has 0 saturated carbocycles. The zero-order chi connectivity index (χ0) is 14.1. The van der Waals surface area contributed by atoms with Gasteiger partial charge in [-0.25, -0.2) is 0 Å². The third kappa shape index (κ3) is 1.85. The van der Waals surface area contributed by atoms with Gasteiger partial charge in [-0.2, -0.15) is 0 Å². The number of nitrogens with zero attached hydrogens (tertiary/aromatic N) is 4. The maximum absolute atomic E-state index is 12.5. The molecular formula is C14H14N4O2. The fourth-order valence-electron chi connectivity index (χ4n) is 2.14. The van der Waals surface area contributed by atoms with E-state index in [1.807, 2.05) is 25.1 Å². The van der Waals surface area contributed by atoms with Crippen LogP contribution in [0.2, 0.25) is 0 Å². The summed E-state index contributed by atoms with van der Waals surface area (Å²) in [7, 11) is 1.59. The summed E-state index contributed by atoms with van der Waals surface area (Å²) in [5, 5.41) is 7.98. The molecular weight excluding hydrogens is 256 g/mol. The third-order valence-electron chi connectivity index (χ3n) is 3.19. The Morgan fingerprint density at radius 2 is 2.10 bits per heavy atom. The number of methoxy groups -OCH3 is 1. The molecule has 0 radical (unpaired) electrons. The molecule has 0 fully saturated rings. The second kappa shape index (κ2) is 4.80. The Morgan fingerprint density at radius 1 is 1.25 bits per heavy atom. The van der Waals surface area contributed by atoms with E-state index < -0.39 is 0 Å². The van der Waals surface area contributed by atoms with Crippen LogP contribution >= 0.6 is 0 Å². The van der Waals surface area contributed by atoms with Gasteiger partial charge in [0.15, 0.2) is 0 Å². The van der Waals surface area contributed by atoms with Gasteiger partial charge in [-0.15, -0.1) is 10.2 Å². The standard InChI is InChI=1S/C14H14N4O2/c1-3-12-15-16-13-14(19)17(7-8-18(12)13)10-5-4-6-11(9-10)20-2/h4-9H,3H2,1-2H3. The molecule has 0 atom stereocenters. The van der Waals surface area contributed by atoms with Crippen LogP contribution in [-0.2, 0) is 6.42 Å². The van der Waals surface area contributed by atoms with Gasteiger partial charge in [0.25, 0.3) is 0 Å². The van der Waals surface area contributed by atoms with Crippen LogP contribution in [-0.4, -0.2) is 26.3 Å².